The van der Waals surface area contributed by atoms with Gasteiger partial charge in [0.1, 0.15) is 0 Å². The molecule has 2 N–H and O–H groups in total. The Hall–Kier alpha value is -3.24. The number of thioether (sulfide) groups is 1. The molecule has 1 unspecified atom stereocenters. The van der Waals surface area contributed by atoms with E-state index in [-0.39, 0.29) is 17.9 Å². The third-order valence-corrected chi connectivity index (χ3v) is 7.46. The van der Waals surface area contributed by atoms with E-state index in [0.29, 0.717) is 31.7 Å². The molecule has 37 heavy (non-hydrogen) atoms. The number of pyridine rings is 1. The zero-order valence-corrected chi connectivity index (χ0v) is 22.1. The van der Waals surface area contributed by atoms with Gasteiger partial charge in [0, 0.05) is 69.3 Å². The molecule has 1 fully saturated rings. The first-order valence-electron chi connectivity index (χ1n) is 12.9. The van der Waals surface area contributed by atoms with Crippen molar-refractivity contribution in [1.82, 2.24) is 35.3 Å². The molecule has 1 aliphatic heterocycles. The molecule has 0 aliphatic carbocycles. The van der Waals surface area contributed by atoms with E-state index in [0.717, 1.165) is 54.5 Å². The maximum atomic E-state index is 13.0. The van der Waals surface area contributed by atoms with E-state index in [1.165, 1.54) is 11.8 Å². The second-order valence-corrected chi connectivity index (χ2v) is 10.2. The van der Waals surface area contributed by atoms with Crippen LogP contribution in [0.2, 0.25) is 0 Å². The van der Waals surface area contributed by atoms with Crippen LogP contribution in [0.5, 0.6) is 0 Å². The van der Waals surface area contributed by atoms with E-state index < -0.39 is 0 Å². The summed E-state index contributed by atoms with van der Waals surface area (Å²) in [5.41, 5.74) is 2.08. The highest BCUT2D eigenvalue weighted by atomic mass is 32.2. The lowest BCUT2D eigenvalue weighted by molar-refractivity contribution is -0.130. The second kappa shape index (κ2) is 13.9. The molecule has 2 aromatic heterocycles. The number of hydrogen-bond acceptors (Lipinski definition) is 7. The van der Waals surface area contributed by atoms with Gasteiger partial charge in [-0.2, -0.15) is 0 Å². The van der Waals surface area contributed by atoms with E-state index >= 15 is 0 Å². The lowest BCUT2D eigenvalue weighted by Gasteiger charge is -2.23. The number of rotatable bonds is 6. The molecule has 9 nitrogen and oxygen atoms in total. The molecule has 10 heteroatoms. The zero-order valence-electron chi connectivity index (χ0n) is 21.3. The van der Waals surface area contributed by atoms with Crippen LogP contribution in [0.25, 0.3) is 11.4 Å². The van der Waals surface area contributed by atoms with Crippen molar-refractivity contribution >= 4 is 23.6 Å². The smallest absolute Gasteiger partial charge is 0.223 e. The molecular formula is C27H35N7O2S. The molecule has 3 heterocycles. The first-order valence-corrected chi connectivity index (χ1v) is 13.9. The van der Waals surface area contributed by atoms with Crippen LogP contribution in [0.15, 0.2) is 60.0 Å². The largest absolute Gasteiger partial charge is 0.356 e. The van der Waals surface area contributed by atoms with E-state index in [1.807, 2.05) is 46.8 Å². The van der Waals surface area contributed by atoms with Crippen molar-refractivity contribution in [3.8, 4) is 11.4 Å². The fourth-order valence-electron chi connectivity index (χ4n) is 4.39. The summed E-state index contributed by atoms with van der Waals surface area (Å²) in [4.78, 5) is 31.6. The van der Waals surface area contributed by atoms with E-state index in [9.17, 15) is 9.59 Å². The predicted octanol–water partition coefficient (Wildman–Crippen LogP) is 3.21. The predicted molar refractivity (Wildman–Crippen MR) is 145 cm³/mol. The quantitative estimate of drug-likeness (QED) is 0.480. The Morgan fingerprint density at radius 1 is 1.03 bits per heavy atom. The van der Waals surface area contributed by atoms with Crippen LogP contribution in [0, 0.1) is 0 Å². The van der Waals surface area contributed by atoms with Crippen LogP contribution in [-0.4, -0.2) is 68.4 Å². The molecule has 1 aliphatic rings. The van der Waals surface area contributed by atoms with E-state index in [1.54, 1.807) is 12.4 Å². The van der Waals surface area contributed by atoms with Gasteiger partial charge >= 0.3 is 0 Å². The van der Waals surface area contributed by atoms with Crippen molar-refractivity contribution in [1.29, 1.82) is 0 Å². The highest BCUT2D eigenvalue weighted by Gasteiger charge is 2.18. The highest BCUT2D eigenvalue weighted by Crippen LogP contribution is 2.23. The molecule has 0 saturated carbocycles. The Labute approximate surface area is 222 Å². The van der Waals surface area contributed by atoms with Gasteiger partial charge in [-0.1, -0.05) is 42.1 Å². The Morgan fingerprint density at radius 2 is 1.81 bits per heavy atom. The second-order valence-electron chi connectivity index (χ2n) is 9.11. The maximum absolute atomic E-state index is 13.0. The van der Waals surface area contributed by atoms with E-state index in [4.69, 9.17) is 0 Å². The summed E-state index contributed by atoms with van der Waals surface area (Å²) >= 11 is 1.54. The summed E-state index contributed by atoms with van der Waals surface area (Å²) in [6, 6.07) is 13.9. The minimum absolute atomic E-state index is 0.00333. The first-order chi connectivity index (χ1) is 18.1. The van der Waals surface area contributed by atoms with Crippen LogP contribution >= 0.6 is 11.8 Å². The SMILES string of the molecule is Cn1c(SCCC(=O)N2CCCCNC(c3ccccc3)CC(=O)NCCC2)nnc1-c1ccncc1. The average molecular weight is 522 g/mol. The van der Waals surface area contributed by atoms with Crippen molar-refractivity contribution in [2.24, 2.45) is 7.05 Å². The molecule has 0 bridgehead atoms. The molecule has 1 aromatic carbocycles. The number of carbonyl (C=O) groups is 2. The van der Waals surface area contributed by atoms with Crippen molar-refractivity contribution in [3.05, 3.63) is 60.4 Å². The van der Waals surface area contributed by atoms with Gasteiger partial charge in [0.25, 0.3) is 0 Å². The van der Waals surface area contributed by atoms with Crippen LogP contribution < -0.4 is 10.6 Å². The highest BCUT2D eigenvalue weighted by molar-refractivity contribution is 7.99. The van der Waals surface area contributed by atoms with Crippen LogP contribution in [-0.2, 0) is 16.6 Å². The summed E-state index contributed by atoms with van der Waals surface area (Å²) in [7, 11) is 1.93. The summed E-state index contributed by atoms with van der Waals surface area (Å²) in [6.45, 7) is 2.74. The van der Waals surface area contributed by atoms with Gasteiger partial charge in [0.05, 0.1) is 0 Å². The molecule has 1 atom stereocenters. The lowest BCUT2D eigenvalue weighted by Crippen LogP contribution is -2.35. The third-order valence-electron chi connectivity index (χ3n) is 6.44. The van der Waals surface area contributed by atoms with Crippen LogP contribution in [0.1, 0.15) is 43.7 Å². The molecule has 0 spiro atoms. The van der Waals surface area contributed by atoms with Gasteiger partial charge < -0.3 is 20.1 Å². The third kappa shape index (κ3) is 7.87. The number of aromatic nitrogens is 4. The van der Waals surface area contributed by atoms with Gasteiger partial charge in [-0.05, 0) is 43.5 Å². The number of nitrogens with zero attached hydrogens (tertiary/aromatic N) is 5. The Morgan fingerprint density at radius 3 is 2.62 bits per heavy atom. The fourth-order valence-corrected chi connectivity index (χ4v) is 5.23. The number of hydrogen-bond donors (Lipinski definition) is 2. The van der Waals surface area contributed by atoms with Crippen molar-refractivity contribution in [2.45, 2.75) is 43.3 Å². The Kier molecular flexibility index (Phi) is 10.1. The Balaban J connectivity index is 1.27. The van der Waals surface area contributed by atoms with Crippen molar-refractivity contribution in [3.63, 3.8) is 0 Å². The van der Waals surface area contributed by atoms with Gasteiger partial charge in [-0.3, -0.25) is 14.6 Å². The number of carbonyl (C=O) groups excluding carboxylic acids is 2. The summed E-state index contributed by atoms with van der Waals surface area (Å²) in [6.07, 6.45) is 6.92. The standard InChI is InChI=1S/C27H35N7O2S/c1-33-26(22-10-15-28-16-11-22)31-32-27(33)37-19-12-25(36)34-17-6-5-13-29-23(21-8-3-2-4-9-21)20-24(35)30-14-7-18-34/h2-4,8-11,15-16,23,29H,5-7,12-14,17-20H2,1H3,(H,30,35). The van der Waals surface area contributed by atoms with Gasteiger partial charge in [-0.15, -0.1) is 10.2 Å². The summed E-state index contributed by atoms with van der Waals surface area (Å²) < 4.78 is 1.95. The van der Waals surface area contributed by atoms with Crippen molar-refractivity contribution < 1.29 is 9.59 Å². The minimum atomic E-state index is -0.00333. The lowest BCUT2D eigenvalue weighted by atomic mass is 10.0. The molecule has 1 saturated heterocycles. The first kappa shape index (κ1) is 26.8. The maximum Gasteiger partial charge on any atom is 0.223 e. The normalized spacial score (nSPS) is 17.8. The monoisotopic (exact) mass is 521 g/mol. The number of nitrogens with one attached hydrogen (secondary N) is 2. The average Bonchev–Trinajstić information content (AvgIpc) is 3.30. The zero-order chi connectivity index (χ0) is 25.9. The summed E-state index contributed by atoms with van der Waals surface area (Å²) in [5, 5.41) is 15.9. The van der Waals surface area contributed by atoms with E-state index in [2.05, 4.69) is 37.9 Å². The van der Waals surface area contributed by atoms with Gasteiger partial charge in [0.2, 0.25) is 11.8 Å². The van der Waals surface area contributed by atoms with Crippen LogP contribution in [0.4, 0.5) is 0 Å². The number of benzene rings is 1. The molecule has 3 aromatic rings. The van der Waals surface area contributed by atoms with Crippen molar-refractivity contribution in [2.75, 3.05) is 31.9 Å². The fraction of sp³-hybridized carbons (Fsp3) is 0.444. The Bertz CT molecular complexity index is 1140. The summed E-state index contributed by atoms with van der Waals surface area (Å²) in [5.74, 6) is 1.58. The molecule has 4 rings (SSSR count). The molecule has 2 amide bonds. The van der Waals surface area contributed by atoms with Gasteiger partial charge in [0.15, 0.2) is 11.0 Å². The van der Waals surface area contributed by atoms with Gasteiger partial charge in [-0.25, -0.2) is 0 Å². The topological polar surface area (TPSA) is 105 Å². The van der Waals surface area contributed by atoms with Crippen LogP contribution in [0.3, 0.4) is 0 Å². The number of amides is 2. The minimum Gasteiger partial charge on any atom is -0.356 e. The molecule has 196 valence electrons. The molecule has 0 radical (unpaired) electrons. The molecular weight excluding hydrogens is 486 g/mol.